The van der Waals surface area contributed by atoms with Crippen LogP contribution < -0.4 is 0 Å². The summed E-state index contributed by atoms with van der Waals surface area (Å²) in [4.78, 5) is 27.7. The molecule has 1 aliphatic heterocycles. The maximum absolute atomic E-state index is 12.8. The Balaban J connectivity index is 2.95. The van der Waals surface area contributed by atoms with E-state index in [9.17, 15) is 14.7 Å². The quantitative estimate of drug-likeness (QED) is 0.847. The van der Waals surface area contributed by atoms with Crippen LogP contribution in [0.25, 0.3) is 0 Å². The first-order valence-electron chi connectivity index (χ1n) is 7.51. The van der Waals surface area contributed by atoms with Crippen LogP contribution in [-0.4, -0.2) is 64.6 Å². The molecule has 1 aliphatic rings. The van der Waals surface area contributed by atoms with Crippen LogP contribution in [0.5, 0.6) is 0 Å². The molecule has 0 saturated carbocycles. The highest BCUT2D eigenvalue weighted by molar-refractivity contribution is 7.98. The Labute approximate surface area is 132 Å². The molecule has 1 N–H and O–H groups in total. The highest BCUT2D eigenvalue weighted by Crippen LogP contribution is 2.36. The second kappa shape index (κ2) is 7.38. The monoisotopic (exact) mass is 316 g/mol. The van der Waals surface area contributed by atoms with Crippen LogP contribution in [0.2, 0.25) is 0 Å². The third kappa shape index (κ3) is 4.05. The van der Waals surface area contributed by atoms with E-state index in [2.05, 4.69) is 6.92 Å². The number of urea groups is 1. The number of carboxylic acid groups (broad SMARTS) is 1. The number of rotatable bonds is 5. The molecule has 0 aliphatic carbocycles. The number of nitrogens with zero attached hydrogens (tertiary/aromatic N) is 2. The number of likely N-dealkylation sites (tertiary alicyclic amines) is 1. The highest BCUT2D eigenvalue weighted by atomic mass is 32.2. The summed E-state index contributed by atoms with van der Waals surface area (Å²) < 4.78 is 0. The Morgan fingerprint density at radius 1 is 1.48 bits per heavy atom. The number of piperidine rings is 1. The van der Waals surface area contributed by atoms with Crippen LogP contribution in [0.1, 0.15) is 40.0 Å². The summed E-state index contributed by atoms with van der Waals surface area (Å²) in [6, 6.07) is -0.754. The van der Waals surface area contributed by atoms with Gasteiger partial charge >= 0.3 is 12.0 Å². The molecule has 2 atom stereocenters. The molecule has 122 valence electrons. The van der Waals surface area contributed by atoms with Crippen LogP contribution in [0.3, 0.4) is 0 Å². The zero-order chi connectivity index (χ0) is 16.2. The van der Waals surface area contributed by atoms with E-state index in [1.165, 1.54) is 0 Å². The number of carboxylic acids is 1. The number of aliphatic carboxylic acids is 1. The lowest BCUT2D eigenvalue weighted by Gasteiger charge is -2.45. The van der Waals surface area contributed by atoms with Gasteiger partial charge in [0.1, 0.15) is 6.04 Å². The Hall–Kier alpha value is -0.910. The first-order valence-corrected chi connectivity index (χ1v) is 8.90. The summed E-state index contributed by atoms with van der Waals surface area (Å²) in [6.07, 6.45) is 4.58. The van der Waals surface area contributed by atoms with E-state index < -0.39 is 12.0 Å². The van der Waals surface area contributed by atoms with Gasteiger partial charge in [0.15, 0.2) is 0 Å². The molecule has 5 nitrogen and oxygen atoms in total. The average molecular weight is 316 g/mol. The van der Waals surface area contributed by atoms with Gasteiger partial charge in [0.2, 0.25) is 0 Å². The van der Waals surface area contributed by atoms with Crippen molar-refractivity contribution in [3.8, 4) is 0 Å². The van der Waals surface area contributed by atoms with Crippen molar-refractivity contribution < 1.29 is 14.7 Å². The van der Waals surface area contributed by atoms with Crippen molar-refractivity contribution >= 4 is 23.8 Å². The average Bonchev–Trinajstić information content (AvgIpc) is 2.41. The van der Waals surface area contributed by atoms with Crippen molar-refractivity contribution in [1.82, 2.24) is 9.80 Å². The largest absolute Gasteiger partial charge is 0.480 e. The van der Waals surface area contributed by atoms with Crippen molar-refractivity contribution in [3.05, 3.63) is 0 Å². The van der Waals surface area contributed by atoms with Gasteiger partial charge in [0, 0.05) is 25.4 Å². The molecule has 2 amide bonds. The minimum absolute atomic E-state index is 0.145. The normalized spacial score (nSPS) is 22.7. The van der Waals surface area contributed by atoms with Crippen LogP contribution in [0.4, 0.5) is 4.79 Å². The zero-order valence-electron chi connectivity index (χ0n) is 13.8. The number of hydrogen-bond donors (Lipinski definition) is 1. The van der Waals surface area contributed by atoms with Crippen molar-refractivity contribution in [1.29, 1.82) is 0 Å². The topological polar surface area (TPSA) is 60.9 Å². The standard InChI is InChI=1S/C15H28N2O3S/c1-6-11(10-21-5)16(4)14(20)17-9-7-8-15(2,3)12(17)13(18)19/h11-12H,6-10H2,1-5H3,(H,18,19). The molecule has 21 heavy (non-hydrogen) atoms. The Bertz CT molecular complexity index is 387. The molecule has 1 rings (SSSR count). The zero-order valence-corrected chi connectivity index (χ0v) is 14.6. The Kier molecular flexibility index (Phi) is 6.38. The van der Waals surface area contributed by atoms with Crippen LogP contribution >= 0.6 is 11.8 Å². The fourth-order valence-electron chi connectivity index (χ4n) is 3.12. The fraction of sp³-hybridized carbons (Fsp3) is 0.867. The van der Waals surface area contributed by atoms with Crippen molar-refractivity contribution in [2.45, 2.75) is 52.1 Å². The number of carbonyl (C=O) groups excluding carboxylic acids is 1. The SMILES string of the molecule is CCC(CSC)N(C)C(=O)N1CCCC(C)(C)C1C(=O)O. The first kappa shape index (κ1) is 18.1. The van der Waals surface area contributed by atoms with Gasteiger partial charge in [-0.3, -0.25) is 0 Å². The molecule has 0 aromatic rings. The van der Waals surface area contributed by atoms with Crippen LogP contribution in [0, 0.1) is 5.41 Å². The molecule has 1 saturated heterocycles. The summed E-state index contributed by atoms with van der Waals surface area (Å²) in [5.41, 5.74) is -0.387. The molecule has 0 spiro atoms. The number of hydrogen-bond acceptors (Lipinski definition) is 3. The molecule has 2 unspecified atom stereocenters. The van der Waals surface area contributed by atoms with Gasteiger partial charge in [0.05, 0.1) is 0 Å². The molecule has 1 heterocycles. The highest BCUT2D eigenvalue weighted by Gasteiger charge is 2.45. The third-order valence-electron chi connectivity index (χ3n) is 4.43. The smallest absolute Gasteiger partial charge is 0.327 e. The molecular weight excluding hydrogens is 288 g/mol. The van der Waals surface area contributed by atoms with Gasteiger partial charge in [-0.1, -0.05) is 20.8 Å². The van der Waals surface area contributed by atoms with Gasteiger partial charge in [-0.05, 0) is 30.9 Å². The maximum atomic E-state index is 12.8. The molecule has 0 bridgehead atoms. The van der Waals surface area contributed by atoms with E-state index in [0.29, 0.717) is 6.54 Å². The lowest BCUT2D eigenvalue weighted by Crippen LogP contribution is -2.60. The van der Waals surface area contributed by atoms with Crippen LogP contribution in [-0.2, 0) is 4.79 Å². The molecule has 6 heteroatoms. The second-order valence-corrected chi connectivity index (χ2v) is 7.35. The van der Waals surface area contributed by atoms with E-state index in [-0.39, 0.29) is 17.5 Å². The second-order valence-electron chi connectivity index (χ2n) is 6.44. The van der Waals surface area contributed by atoms with Gasteiger partial charge in [-0.15, -0.1) is 0 Å². The van der Waals surface area contributed by atoms with Crippen molar-refractivity contribution in [2.75, 3.05) is 25.6 Å². The van der Waals surface area contributed by atoms with E-state index in [1.807, 2.05) is 20.1 Å². The van der Waals surface area contributed by atoms with Crippen LogP contribution in [0.15, 0.2) is 0 Å². The minimum Gasteiger partial charge on any atom is -0.480 e. The number of thioether (sulfide) groups is 1. The summed E-state index contributed by atoms with van der Waals surface area (Å²) in [7, 11) is 1.78. The molecule has 0 radical (unpaired) electrons. The summed E-state index contributed by atoms with van der Waals surface area (Å²) in [6.45, 7) is 6.45. The van der Waals surface area contributed by atoms with Gasteiger partial charge < -0.3 is 14.9 Å². The predicted octanol–water partition coefficient (Wildman–Crippen LogP) is 2.76. The maximum Gasteiger partial charge on any atom is 0.327 e. The summed E-state index contributed by atoms with van der Waals surface area (Å²) in [5, 5.41) is 9.56. The predicted molar refractivity (Wildman–Crippen MR) is 86.8 cm³/mol. The van der Waals surface area contributed by atoms with E-state index in [0.717, 1.165) is 25.0 Å². The number of amides is 2. The van der Waals surface area contributed by atoms with Crippen molar-refractivity contribution in [3.63, 3.8) is 0 Å². The van der Waals surface area contributed by atoms with E-state index in [4.69, 9.17) is 0 Å². The van der Waals surface area contributed by atoms with Gasteiger partial charge in [-0.25, -0.2) is 9.59 Å². The Morgan fingerprint density at radius 3 is 2.57 bits per heavy atom. The number of carbonyl (C=O) groups is 2. The minimum atomic E-state index is -0.903. The summed E-state index contributed by atoms with van der Waals surface area (Å²) in [5.74, 6) is -0.0346. The molecule has 0 aromatic carbocycles. The van der Waals surface area contributed by atoms with Gasteiger partial charge in [-0.2, -0.15) is 11.8 Å². The summed E-state index contributed by atoms with van der Waals surface area (Å²) >= 11 is 1.70. The lowest BCUT2D eigenvalue weighted by atomic mass is 9.76. The molecular formula is C15H28N2O3S. The lowest BCUT2D eigenvalue weighted by molar-refractivity contribution is -0.148. The first-order chi connectivity index (χ1) is 9.76. The molecule has 0 aromatic heterocycles. The third-order valence-corrected chi connectivity index (χ3v) is 5.15. The fourth-order valence-corrected chi connectivity index (χ4v) is 3.97. The van der Waals surface area contributed by atoms with Crippen molar-refractivity contribution in [2.24, 2.45) is 5.41 Å². The van der Waals surface area contributed by atoms with E-state index in [1.54, 1.807) is 28.6 Å². The van der Waals surface area contributed by atoms with Gasteiger partial charge in [0.25, 0.3) is 0 Å². The molecule has 1 fully saturated rings. The van der Waals surface area contributed by atoms with E-state index >= 15 is 0 Å². The Morgan fingerprint density at radius 2 is 2.10 bits per heavy atom.